The Hall–Kier alpha value is -2.09. The van der Waals surface area contributed by atoms with Crippen molar-refractivity contribution in [3.05, 3.63) is 71.0 Å². The molecule has 2 heteroatoms. The summed E-state index contributed by atoms with van der Waals surface area (Å²) >= 11 is 0. The van der Waals surface area contributed by atoms with E-state index in [1.165, 1.54) is 5.56 Å². The molecule has 20 heavy (non-hydrogen) atoms. The van der Waals surface area contributed by atoms with Gasteiger partial charge in [0.2, 0.25) is 0 Å². The molecule has 104 valence electrons. The minimum atomic E-state index is -0.223. The first-order valence-corrected chi connectivity index (χ1v) is 6.66. The molecule has 0 aromatic heterocycles. The maximum absolute atomic E-state index is 14.1. The summed E-state index contributed by atoms with van der Waals surface area (Å²) in [4.78, 5) is 1.80. The molecule has 0 spiro atoms. The first-order chi connectivity index (χ1) is 9.40. The first-order valence-electron chi connectivity index (χ1n) is 6.66. The highest BCUT2D eigenvalue weighted by molar-refractivity contribution is 5.79. The number of rotatable bonds is 3. The van der Waals surface area contributed by atoms with Gasteiger partial charge in [-0.1, -0.05) is 30.3 Å². The smallest absolute Gasteiger partial charge is 0.147 e. The Morgan fingerprint density at radius 2 is 1.60 bits per heavy atom. The zero-order valence-electron chi connectivity index (χ0n) is 12.5. The van der Waals surface area contributed by atoms with Crippen LogP contribution >= 0.6 is 0 Å². The van der Waals surface area contributed by atoms with Crippen LogP contribution in [0.3, 0.4) is 0 Å². The second-order valence-electron chi connectivity index (χ2n) is 5.28. The zero-order valence-corrected chi connectivity index (χ0v) is 12.5. The minimum absolute atomic E-state index is 0.223. The van der Waals surface area contributed by atoms with Crippen LogP contribution in [-0.2, 0) is 0 Å². The molecule has 0 saturated heterocycles. The predicted molar refractivity (Wildman–Crippen MR) is 84.5 cm³/mol. The van der Waals surface area contributed by atoms with Gasteiger partial charge in [0.15, 0.2) is 0 Å². The van der Waals surface area contributed by atoms with Crippen LogP contribution in [0.4, 0.5) is 10.1 Å². The second kappa shape index (κ2) is 5.49. The van der Waals surface area contributed by atoms with Gasteiger partial charge in [0.05, 0.1) is 5.69 Å². The van der Waals surface area contributed by atoms with Crippen LogP contribution in [0.2, 0.25) is 0 Å². The molecule has 0 amide bonds. The predicted octanol–water partition coefficient (Wildman–Crippen LogP) is 4.86. The van der Waals surface area contributed by atoms with Crippen LogP contribution in [0.15, 0.2) is 43.0 Å². The van der Waals surface area contributed by atoms with Crippen molar-refractivity contribution < 1.29 is 4.39 Å². The molecule has 0 N–H and O–H groups in total. The van der Waals surface area contributed by atoms with Crippen molar-refractivity contribution in [2.75, 3.05) is 11.9 Å². The topological polar surface area (TPSA) is 3.24 Å². The Morgan fingerprint density at radius 3 is 2.25 bits per heavy atom. The average molecular weight is 269 g/mol. The van der Waals surface area contributed by atoms with E-state index in [0.717, 1.165) is 22.4 Å². The first kappa shape index (κ1) is 14.3. The minimum Gasteiger partial charge on any atom is -0.342 e. The van der Waals surface area contributed by atoms with E-state index < -0.39 is 0 Å². The average Bonchev–Trinajstić information content (AvgIpc) is 2.40. The Bertz CT molecular complexity index is 658. The third kappa shape index (κ3) is 2.74. The molecule has 2 rings (SSSR count). The van der Waals surface area contributed by atoms with Crippen molar-refractivity contribution in [3.63, 3.8) is 0 Å². The van der Waals surface area contributed by atoms with Gasteiger partial charge in [0.25, 0.3) is 0 Å². The maximum atomic E-state index is 14.1. The lowest BCUT2D eigenvalue weighted by molar-refractivity contribution is 0.626. The van der Waals surface area contributed by atoms with Gasteiger partial charge in [-0.05, 0) is 50.1 Å². The standard InChI is InChI=1S/C18H20FN/c1-12-6-8-14(3)16(10-12)15(4)20(5)18-9-7-13(2)11-17(18)19/h6-11H,4H2,1-3,5H3. The molecule has 0 bridgehead atoms. The van der Waals surface area contributed by atoms with Crippen molar-refractivity contribution in [2.24, 2.45) is 0 Å². The number of hydrogen-bond donors (Lipinski definition) is 0. The summed E-state index contributed by atoms with van der Waals surface area (Å²) in [6.07, 6.45) is 0. The lowest BCUT2D eigenvalue weighted by atomic mass is 10.0. The molecule has 0 fully saturated rings. The summed E-state index contributed by atoms with van der Waals surface area (Å²) in [5, 5.41) is 0. The summed E-state index contributed by atoms with van der Waals surface area (Å²) < 4.78 is 14.1. The van der Waals surface area contributed by atoms with E-state index >= 15 is 0 Å². The van der Waals surface area contributed by atoms with Gasteiger partial charge in [0, 0.05) is 18.3 Å². The van der Waals surface area contributed by atoms with Crippen LogP contribution < -0.4 is 4.90 Å². The number of nitrogens with zero attached hydrogens (tertiary/aromatic N) is 1. The van der Waals surface area contributed by atoms with E-state index in [4.69, 9.17) is 0 Å². The number of halogens is 1. The van der Waals surface area contributed by atoms with Crippen LogP contribution in [0.25, 0.3) is 5.70 Å². The van der Waals surface area contributed by atoms with E-state index in [-0.39, 0.29) is 5.82 Å². The second-order valence-corrected chi connectivity index (χ2v) is 5.28. The molecule has 0 unspecified atom stereocenters. The third-order valence-electron chi connectivity index (χ3n) is 3.57. The normalized spacial score (nSPS) is 10.4. The van der Waals surface area contributed by atoms with Crippen molar-refractivity contribution in [2.45, 2.75) is 20.8 Å². The van der Waals surface area contributed by atoms with E-state index in [0.29, 0.717) is 5.69 Å². The molecule has 1 nitrogen and oxygen atoms in total. The zero-order chi connectivity index (χ0) is 14.9. The van der Waals surface area contributed by atoms with Crippen LogP contribution in [0, 0.1) is 26.6 Å². The highest BCUT2D eigenvalue weighted by atomic mass is 19.1. The molecule has 0 aliphatic heterocycles. The number of benzene rings is 2. The number of aryl methyl sites for hydroxylation is 3. The molecular weight excluding hydrogens is 249 g/mol. The quantitative estimate of drug-likeness (QED) is 0.769. The Kier molecular flexibility index (Phi) is 3.93. The highest BCUT2D eigenvalue weighted by Gasteiger charge is 2.13. The molecule has 0 saturated carbocycles. The molecule has 0 atom stereocenters. The van der Waals surface area contributed by atoms with Gasteiger partial charge in [-0.15, -0.1) is 0 Å². The van der Waals surface area contributed by atoms with E-state index in [1.807, 2.05) is 33.9 Å². The van der Waals surface area contributed by atoms with Gasteiger partial charge < -0.3 is 4.90 Å². The lowest BCUT2D eigenvalue weighted by Crippen LogP contribution is -2.16. The van der Waals surface area contributed by atoms with E-state index in [2.05, 4.69) is 24.8 Å². The maximum Gasteiger partial charge on any atom is 0.147 e. The van der Waals surface area contributed by atoms with Crippen LogP contribution in [0.1, 0.15) is 22.3 Å². The highest BCUT2D eigenvalue weighted by Crippen LogP contribution is 2.28. The third-order valence-corrected chi connectivity index (χ3v) is 3.57. The monoisotopic (exact) mass is 269 g/mol. The van der Waals surface area contributed by atoms with Crippen molar-refractivity contribution >= 4 is 11.4 Å². The molecule has 0 heterocycles. The summed E-state index contributed by atoms with van der Waals surface area (Å²) in [5.41, 5.74) is 5.62. The van der Waals surface area contributed by atoms with Crippen LogP contribution in [0.5, 0.6) is 0 Å². The van der Waals surface area contributed by atoms with Gasteiger partial charge in [-0.25, -0.2) is 4.39 Å². The van der Waals surface area contributed by atoms with E-state index in [9.17, 15) is 4.39 Å². The molecule has 0 aliphatic rings. The molecule has 0 radical (unpaired) electrons. The Morgan fingerprint density at radius 1 is 1.00 bits per heavy atom. The molecule has 2 aromatic rings. The fourth-order valence-corrected chi connectivity index (χ4v) is 2.26. The van der Waals surface area contributed by atoms with Gasteiger partial charge >= 0.3 is 0 Å². The van der Waals surface area contributed by atoms with Gasteiger partial charge in [-0.2, -0.15) is 0 Å². The molecular formula is C18H20FN. The van der Waals surface area contributed by atoms with Crippen molar-refractivity contribution in [3.8, 4) is 0 Å². The number of anilines is 1. The van der Waals surface area contributed by atoms with Crippen molar-refractivity contribution in [1.82, 2.24) is 0 Å². The van der Waals surface area contributed by atoms with Crippen molar-refractivity contribution in [1.29, 1.82) is 0 Å². The lowest BCUT2D eigenvalue weighted by Gasteiger charge is -2.24. The SMILES string of the molecule is C=C(c1cc(C)ccc1C)N(C)c1ccc(C)cc1F. The fourth-order valence-electron chi connectivity index (χ4n) is 2.26. The van der Waals surface area contributed by atoms with Gasteiger partial charge in [-0.3, -0.25) is 0 Å². The van der Waals surface area contributed by atoms with Crippen LogP contribution in [-0.4, -0.2) is 7.05 Å². The summed E-state index contributed by atoms with van der Waals surface area (Å²) in [5.74, 6) is -0.223. The fraction of sp³-hybridized carbons (Fsp3) is 0.222. The Labute approximate surface area is 120 Å². The Balaban J connectivity index is 2.40. The summed E-state index contributed by atoms with van der Waals surface area (Å²) in [7, 11) is 1.85. The summed E-state index contributed by atoms with van der Waals surface area (Å²) in [6.45, 7) is 10.1. The largest absolute Gasteiger partial charge is 0.342 e. The molecule has 0 aliphatic carbocycles. The van der Waals surface area contributed by atoms with E-state index in [1.54, 1.807) is 17.0 Å². The molecule has 2 aromatic carbocycles. The summed E-state index contributed by atoms with van der Waals surface area (Å²) in [6, 6.07) is 11.5. The number of hydrogen-bond acceptors (Lipinski definition) is 1. The van der Waals surface area contributed by atoms with Gasteiger partial charge in [0.1, 0.15) is 5.82 Å².